The molecule has 0 aliphatic heterocycles. The molecule has 0 spiro atoms. The molecule has 0 bridgehead atoms. The van der Waals surface area contributed by atoms with Crippen molar-refractivity contribution in [2.75, 3.05) is 0 Å². The van der Waals surface area contributed by atoms with Crippen LogP contribution in [0.1, 0.15) is 72.6 Å². The molecule has 0 heterocycles. The molecule has 0 saturated heterocycles. The van der Waals surface area contributed by atoms with Crippen LogP contribution in [0.5, 0.6) is 0 Å². The third-order valence-electron chi connectivity index (χ3n) is 6.44. The molecule has 2 aliphatic rings. The second-order valence-corrected chi connectivity index (χ2v) is 14.7. The van der Waals surface area contributed by atoms with Gasteiger partial charge in [-0.2, -0.15) is 0 Å². The lowest BCUT2D eigenvalue weighted by Crippen LogP contribution is -2.38. The highest BCUT2D eigenvalue weighted by Gasteiger charge is 2.46. The predicted molar refractivity (Wildman–Crippen MR) is 105 cm³/mol. The zero-order chi connectivity index (χ0) is 18.1. The topological polar surface area (TPSA) is 26.3 Å². The summed E-state index contributed by atoms with van der Waals surface area (Å²) in [5.74, 6) is 3.90. The second kappa shape index (κ2) is 7.61. The van der Waals surface area contributed by atoms with Gasteiger partial charge in [0.25, 0.3) is 0 Å². The van der Waals surface area contributed by atoms with E-state index in [-0.39, 0.29) is 5.60 Å². The minimum absolute atomic E-state index is 0.0104. The third-order valence-corrected chi connectivity index (χ3v) is 7.60. The van der Waals surface area contributed by atoms with Gasteiger partial charge < -0.3 is 4.43 Å². The van der Waals surface area contributed by atoms with Crippen LogP contribution in [0.2, 0.25) is 19.6 Å². The highest BCUT2D eigenvalue weighted by Crippen LogP contribution is 2.50. The number of fused-ring (bicyclic) bond motifs is 1. The van der Waals surface area contributed by atoms with Crippen LogP contribution in [-0.2, 0) is 9.22 Å². The monoisotopic (exact) mass is 352 g/mol. The van der Waals surface area contributed by atoms with Gasteiger partial charge in [0, 0.05) is 12.3 Å². The number of rotatable bonds is 7. The van der Waals surface area contributed by atoms with E-state index in [0.29, 0.717) is 17.6 Å². The largest absolute Gasteiger partial charge is 0.413 e. The summed E-state index contributed by atoms with van der Waals surface area (Å²) in [5.41, 5.74) is 0.0104. The fraction of sp³-hybridized carbons (Fsp3) is 0.952. The first-order chi connectivity index (χ1) is 11.0. The zero-order valence-electron chi connectivity index (χ0n) is 17.2. The summed E-state index contributed by atoms with van der Waals surface area (Å²) in [4.78, 5) is 12.3. The summed E-state index contributed by atoms with van der Waals surface area (Å²) in [6.45, 7) is 16.2. The van der Waals surface area contributed by atoms with Crippen molar-refractivity contribution >= 4 is 14.1 Å². The van der Waals surface area contributed by atoms with E-state index in [1.807, 2.05) is 0 Å². The van der Waals surface area contributed by atoms with Gasteiger partial charge in [-0.1, -0.05) is 26.7 Å². The first kappa shape index (κ1) is 20.2. The fourth-order valence-corrected chi connectivity index (χ4v) is 7.36. The van der Waals surface area contributed by atoms with Crippen LogP contribution < -0.4 is 0 Å². The Hall–Kier alpha value is -0.153. The summed E-state index contributed by atoms with van der Waals surface area (Å²) >= 11 is 0. The molecule has 0 radical (unpaired) electrons. The van der Waals surface area contributed by atoms with E-state index in [1.54, 1.807) is 0 Å². The fourth-order valence-electron chi connectivity index (χ4n) is 5.60. The highest BCUT2D eigenvalue weighted by molar-refractivity contribution is 6.69. The molecular formula is C21H40O2Si. The second-order valence-electron chi connectivity index (χ2n) is 10.3. The summed E-state index contributed by atoms with van der Waals surface area (Å²) in [5, 5.41) is 0. The van der Waals surface area contributed by atoms with Gasteiger partial charge in [-0.3, -0.25) is 4.79 Å². The van der Waals surface area contributed by atoms with Crippen molar-refractivity contribution in [1.29, 1.82) is 0 Å². The van der Waals surface area contributed by atoms with E-state index in [1.165, 1.54) is 19.3 Å². The number of Topliss-reactive ketones (excluding diaryl/α,β-unsaturated/α-hetero) is 1. The van der Waals surface area contributed by atoms with Crippen LogP contribution in [0.4, 0.5) is 0 Å². The molecule has 5 atom stereocenters. The third kappa shape index (κ3) is 5.17. The molecule has 140 valence electrons. The van der Waals surface area contributed by atoms with Crippen molar-refractivity contribution in [2.45, 2.75) is 97.9 Å². The molecule has 0 aromatic heterocycles. The Balaban J connectivity index is 1.84. The predicted octanol–water partition coefficient (Wildman–Crippen LogP) is 6.06. The molecular weight excluding hydrogens is 312 g/mol. The first-order valence-corrected chi connectivity index (χ1v) is 13.6. The summed E-state index contributed by atoms with van der Waals surface area (Å²) < 4.78 is 6.34. The molecule has 2 nitrogen and oxygen atoms in total. The maximum atomic E-state index is 12.3. The number of hydrogen-bond donors (Lipinski definition) is 0. The van der Waals surface area contributed by atoms with Gasteiger partial charge in [-0.15, -0.1) is 0 Å². The van der Waals surface area contributed by atoms with Gasteiger partial charge in [-0.25, -0.2) is 0 Å². The molecule has 1 unspecified atom stereocenters. The van der Waals surface area contributed by atoms with Crippen LogP contribution in [0, 0.1) is 29.6 Å². The quantitative estimate of drug-likeness (QED) is 0.520. The smallest absolute Gasteiger partial charge is 0.184 e. The van der Waals surface area contributed by atoms with Gasteiger partial charge >= 0.3 is 0 Å². The van der Waals surface area contributed by atoms with Crippen molar-refractivity contribution in [2.24, 2.45) is 29.6 Å². The summed E-state index contributed by atoms with van der Waals surface area (Å²) in [7, 11) is -1.47. The molecule has 0 aromatic carbocycles. The Morgan fingerprint density at radius 3 is 2.50 bits per heavy atom. The van der Waals surface area contributed by atoms with Gasteiger partial charge in [0.2, 0.25) is 0 Å². The molecule has 2 fully saturated rings. The standard InChI is InChI=1S/C21H40O2Si/c1-15(9-8-14-21(3,4)23-24(5,6)7)17-11-12-18-19(22)13-10-16(2)20(17)18/h15-18,20H,8-14H2,1-7H3/t15-,16-,17-,18+,20?/m1/s1. The van der Waals surface area contributed by atoms with Crippen molar-refractivity contribution < 1.29 is 9.22 Å². The Morgan fingerprint density at radius 2 is 1.88 bits per heavy atom. The minimum Gasteiger partial charge on any atom is -0.413 e. The molecule has 2 saturated carbocycles. The maximum absolute atomic E-state index is 12.3. The first-order valence-electron chi connectivity index (χ1n) is 10.2. The average Bonchev–Trinajstić information content (AvgIpc) is 2.86. The highest BCUT2D eigenvalue weighted by atomic mass is 28.4. The van der Waals surface area contributed by atoms with Gasteiger partial charge in [-0.05, 0) is 82.8 Å². The van der Waals surface area contributed by atoms with Crippen molar-refractivity contribution in [3.05, 3.63) is 0 Å². The molecule has 24 heavy (non-hydrogen) atoms. The van der Waals surface area contributed by atoms with E-state index >= 15 is 0 Å². The van der Waals surface area contributed by atoms with Crippen LogP contribution in [0.25, 0.3) is 0 Å². The number of hydrogen-bond acceptors (Lipinski definition) is 2. The summed E-state index contributed by atoms with van der Waals surface area (Å²) in [6, 6.07) is 0. The van der Waals surface area contributed by atoms with Crippen LogP contribution in [0.15, 0.2) is 0 Å². The van der Waals surface area contributed by atoms with E-state index < -0.39 is 8.32 Å². The van der Waals surface area contributed by atoms with Gasteiger partial charge in [0.1, 0.15) is 5.78 Å². The van der Waals surface area contributed by atoms with E-state index in [0.717, 1.165) is 43.4 Å². The normalized spacial score (nSPS) is 32.7. The Morgan fingerprint density at radius 1 is 1.21 bits per heavy atom. The number of ketones is 1. The Bertz CT molecular complexity index is 438. The zero-order valence-corrected chi connectivity index (χ0v) is 18.2. The maximum Gasteiger partial charge on any atom is 0.184 e. The van der Waals surface area contributed by atoms with Crippen molar-refractivity contribution in [1.82, 2.24) is 0 Å². The van der Waals surface area contributed by atoms with E-state index in [4.69, 9.17) is 4.43 Å². The van der Waals surface area contributed by atoms with Crippen LogP contribution in [0.3, 0.4) is 0 Å². The van der Waals surface area contributed by atoms with Gasteiger partial charge in [0.15, 0.2) is 8.32 Å². The summed E-state index contributed by atoms with van der Waals surface area (Å²) in [6.07, 6.45) is 8.08. The van der Waals surface area contributed by atoms with E-state index in [2.05, 4.69) is 47.3 Å². The average molecular weight is 353 g/mol. The minimum atomic E-state index is -1.47. The Kier molecular flexibility index (Phi) is 6.40. The SMILES string of the molecule is C[C@@H]1CCC(=O)[C@@H]2CC[C@H]([C@H](C)CCCC(C)(C)O[Si](C)(C)C)C12. The van der Waals surface area contributed by atoms with Crippen molar-refractivity contribution in [3.8, 4) is 0 Å². The van der Waals surface area contributed by atoms with E-state index in [9.17, 15) is 4.79 Å². The lowest BCUT2D eigenvalue weighted by molar-refractivity contribution is -0.128. The molecule has 2 rings (SSSR count). The molecule has 0 amide bonds. The molecule has 3 heteroatoms. The Labute approximate surface area is 151 Å². The number of carbonyl (C=O) groups is 1. The van der Waals surface area contributed by atoms with Crippen molar-refractivity contribution in [3.63, 3.8) is 0 Å². The van der Waals surface area contributed by atoms with Crippen LogP contribution >= 0.6 is 0 Å². The van der Waals surface area contributed by atoms with Gasteiger partial charge in [0.05, 0.1) is 5.60 Å². The lowest BCUT2D eigenvalue weighted by Gasteiger charge is -2.37. The van der Waals surface area contributed by atoms with Crippen LogP contribution in [-0.4, -0.2) is 19.7 Å². The molecule has 0 N–H and O–H groups in total. The number of carbonyl (C=O) groups excluding carboxylic acids is 1. The lowest BCUT2D eigenvalue weighted by atomic mass is 9.67. The molecule has 0 aromatic rings. The molecule has 2 aliphatic carbocycles.